The summed E-state index contributed by atoms with van der Waals surface area (Å²) in [5.41, 5.74) is 0.790. The van der Waals surface area contributed by atoms with E-state index in [9.17, 15) is 10.1 Å². The zero-order chi connectivity index (χ0) is 16.4. The summed E-state index contributed by atoms with van der Waals surface area (Å²) in [4.78, 5) is 22.4. The van der Waals surface area contributed by atoms with Crippen LogP contribution in [0, 0.1) is 10.1 Å². The summed E-state index contributed by atoms with van der Waals surface area (Å²) in [5.74, 6) is 0.265. The van der Waals surface area contributed by atoms with Gasteiger partial charge in [-0.25, -0.2) is 9.97 Å². The third-order valence-corrected chi connectivity index (χ3v) is 4.21. The summed E-state index contributed by atoms with van der Waals surface area (Å²) >= 11 is 11.9. The first-order valence-corrected chi connectivity index (χ1v) is 7.72. The van der Waals surface area contributed by atoms with E-state index in [-0.39, 0.29) is 16.7 Å². The fourth-order valence-corrected chi connectivity index (χ4v) is 2.97. The highest BCUT2D eigenvalue weighted by atomic mass is 35.5. The first kappa shape index (κ1) is 15.8. The Hall–Kier alpha value is -2.12. The van der Waals surface area contributed by atoms with Crippen molar-refractivity contribution in [1.29, 1.82) is 0 Å². The fraction of sp³-hybridized carbons (Fsp3) is 0.286. The van der Waals surface area contributed by atoms with Crippen molar-refractivity contribution in [3.63, 3.8) is 0 Å². The molecule has 0 amide bonds. The van der Waals surface area contributed by atoms with E-state index in [1.807, 2.05) is 29.2 Å². The molecule has 2 aromatic rings. The molecule has 2 heterocycles. The lowest BCUT2D eigenvalue weighted by atomic mass is 10.2. The van der Waals surface area contributed by atoms with Crippen molar-refractivity contribution in [2.24, 2.45) is 0 Å². The Bertz CT molecular complexity index is 735. The maximum Gasteiger partial charge on any atom is 0.348 e. The standard InChI is InChI=1S/C14H13Cl2N5O2/c15-10-2-1-3-11(8-10)19-4-6-20(7-5-19)14-12(21(22)23)13(16)17-9-18-14/h1-3,8-9H,4-7H2. The Kier molecular flexibility index (Phi) is 4.49. The molecular formula is C14H13Cl2N5O2. The van der Waals surface area contributed by atoms with Gasteiger partial charge in [0.25, 0.3) is 0 Å². The molecular weight excluding hydrogens is 341 g/mol. The number of hydrogen-bond acceptors (Lipinski definition) is 6. The smallest absolute Gasteiger partial charge is 0.348 e. The first-order chi connectivity index (χ1) is 11.1. The molecule has 7 nitrogen and oxygen atoms in total. The number of anilines is 2. The molecule has 0 radical (unpaired) electrons. The summed E-state index contributed by atoms with van der Waals surface area (Å²) in [6, 6.07) is 7.62. The van der Waals surface area contributed by atoms with Crippen molar-refractivity contribution in [2.45, 2.75) is 0 Å². The summed E-state index contributed by atoms with van der Waals surface area (Å²) in [5, 5.41) is 11.7. The van der Waals surface area contributed by atoms with Crippen molar-refractivity contribution >= 4 is 40.4 Å². The minimum Gasteiger partial charge on any atom is -0.368 e. The molecule has 9 heteroatoms. The fourth-order valence-electron chi connectivity index (χ4n) is 2.59. The molecule has 0 N–H and O–H groups in total. The van der Waals surface area contributed by atoms with Crippen LogP contribution in [0.5, 0.6) is 0 Å². The van der Waals surface area contributed by atoms with E-state index in [4.69, 9.17) is 23.2 Å². The summed E-state index contributed by atoms with van der Waals surface area (Å²) < 4.78 is 0. The Labute approximate surface area is 142 Å². The molecule has 0 aliphatic carbocycles. The number of nitrogens with zero attached hydrogens (tertiary/aromatic N) is 5. The molecule has 1 aromatic heterocycles. The lowest BCUT2D eigenvalue weighted by Crippen LogP contribution is -2.47. The van der Waals surface area contributed by atoms with Gasteiger partial charge in [0.1, 0.15) is 6.33 Å². The van der Waals surface area contributed by atoms with Gasteiger partial charge in [0.15, 0.2) is 0 Å². The van der Waals surface area contributed by atoms with E-state index in [1.54, 1.807) is 0 Å². The van der Waals surface area contributed by atoms with E-state index in [0.29, 0.717) is 31.2 Å². The van der Waals surface area contributed by atoms with Crippen LogP contribution in [0.3, 0.4) is 0 Å². The monoisotopic (exact) mass is 353 g/mol. The summed E-state index contributed by atoms with van der Waals surface area (Å²) in [7, 11) is 0. The van der Waals surface area contributed by atoms with Gasteiger partial charge in [-0.3, -0.25) is 10.1 Å². The Morgan fingerprint density at radius 2 is 1.78 bits per heavy atom. The molecule has 1 aliphatic heterocycles. The van der Waals surface area contributed by atoms with Gasteiger partial charge in [-0.05, 0) is 18.2 Å². The zero-order valence-corrected chi connectivity index (χ0v) is 13.5. The van der Waals surface area contributed by atoms with E-state index < -0.39 is 4.92 Å². The molecule has 120 valence electrons. The van der Waals surface area contributed by atoms with Crippen molar-refractivity contribution in [2.75, 3.05) is 36.0 Å². The van der Waals surface area contributed by atoms with Crippen LogP contribution in [0.2, 0.25) is 10.2 Å². The topological polar surface area (TPSA) is 75.4 Å². The molecule has 1 fully saturated rings. The highest BCUT2D eigenvalue weighted by molar-refractivity contribution is 6.32. The third-order valence-electron chi connectivity index (χ3n) is 3.69. The second-order valence-corrected chi connectivity index (χ2v) is 5.84. The molecule has 23 heavy (non-hydrogen) atoms. The molecule has 0 unspecified atom stereocenters. The van der Waals surface area contributed by atoms with E-state index in [1.165, 1.54) is 6.33 Å². The van der Waals surface area contributed by atoms with Gasteiger partial charge in [0.2, 0.25) is 11.0 Å². The molecule has 0 atom stereocenters. The quantitative estimate of drug-likeness (QED) is 0.479. The zero-order valence-electron chi connectivity index (χ0n) is 12.0. The predicted molar refractivity (Wildman–Crippen MR) is 89.6 cm³/mol. The minimum atomic E-state index is -0.541. The molecule has 1 saturated heterocycles. The SMILES string of the molecule is O=[N+]([O-])c1c(Cl)ncnc1N1CCN(c2cccc(Cl)c2)CC1. The number of benzene rings is 1. The van der Waals surface area contributed by atoms with Gasteiger partial charge in [-0.2, -0.15) is 0 Å². The van der Waals surface area contributed by atoms with Crippen LogP contribution in [0.1, 0.15) is 0 Å². The summed E-state index contributed by atoms with van der Waals surface area (Å²) in [6.07, 6.45) is 1.24. The van der Waals surface area contributed by atoms with Crippen LogP contribution in [0.15, 0.2) is 30.6 Å². The van der Waals surface area contributed by atoms with Gasteiger partial charge in [-0.1, -0.05) is 29.3 Å². The maximum atomic E-state index is 11.2. The van der Waals surface area contributed by atoms with E-state index >= 15 is 0 Å². The second kappa shape index (κ2) is 6.55. The van der Waals surface area contributed by atoms with Gasteiger partial charge >= 0.3 is 5.69 Å². The van der Waals surface area contributed by atoms with Gasteiger partial charge < -0.3 is 9.80 Å². The largest absolute Gasteiger partial charge is 0.368 e. The van der Waals surface area contributed by atoms with E-state index in [2.05, 4.69) is 14.9 Å². The number of aromatic nitrogens is 2. The van der Waals surface area contributed by atoms with Crippen LogP contribution < -0.4 is 9.80 Å². The van der Waals surface area contributed by atoms with Crippen LogP contribution in [-0.4, -0.2) is 41.1 Å². The lowest BCUT2D eigenvalue weighted by molar-refractivity contribution is -0.384. The Morgan fingerprint density at radius 1 is 1.09 bits per heavy atom. The highest BCUT2D eigenvalue weighted by Gasteiger charge is 2.28. The third kappa shape index (κ3) is 3.30. The van der Waals surface area contributed by atoms with Gasteiger partial charge in [0, 0.05) is 36.9 Å². The molecule has 0 spiro atoms. The summed E-state index contributed by atoms with van der Waals surface area (Å²) in [6.45, 7) is 2.61. The number of nitro groups is 1. The van der Waals surface area contributed by atoms with E-state index in [0.717, 1.165) is 5.69 Å². The lowest BCUT2D eigenvalue weighted by Gasteiger charge is -2.36. The average Bonchev–Trinajstić information content (AvgIpc) is 2.54. The molecule has 1 aromatic carbocycles. The molecule has 0 bridgehead atoms. The minimum absolute atomic E-state index is 0.141. The Balaban J connectivity index is 1.77. The number of hydrogen-bond donors (Lipinski definition) is 0. The Morgan fingerprint density at radius 3 is 2.43 bits per heavy atom. The number of piperazine rings is 1. The van der Waals surface area contributed by atoms with Crippen LogP contribution >= 0.6 is 23.2 Å². The van der Waals surface area contributed by atoms with Crippen molar-refractivity contribution in [3.05, 3.63) is 50.9 Å². The normalized spacial score (nSPS) is 14.9. The molecule has 1 aliphatic rings. The highest BCUT2D eigenvalue weighted by Crippen LogP contribution is 2.32. The second-order valence-electron chi connectivity index (χ2n) is 5.05. The van der Waals surface area contributed by atoms with Crippen molar-refractivity contribution in [1.82, 2.24) is 9.97 Å². The molecule has 0 saturated carbocycles. The average molecular weight is 354 g/mol. The molecule has 3 rings (SSSR count). The number of halogens is 2. The first-order valence-electron chi connectivity index (χ1n) is 6.96. The van der Waals surface area contributed by atoms with Crippen LogP contribution in [0.25, 0.3) is 0 Å². The van der Waals surface area contributed by atoms with Gasteiger partial charge in [0.05, 0.1) is 4.92 Å². The predicted octanol–water partition coefficient (Wildman–Crippen LogP) is 3.02. The van der Waals surface area contributed by atoms with Crippen LogP contribution in [0.4, 0.5) is 17.2 Å². The maximum absolute atomic E-state index is 11.2. The van der Waals surface area contributed by atoms with Crippen molar-refractivity contribution in [3.8, 4) is 0 Å². The van der Waals surface area contributed by atoms with Crippen molar-refractivity contribution < 1.29 is 4.92 Å². The van der Waals surface area contributed by atoms with Crippen LogP contribution in [-0.2, 0) is 0 Å². The van der Waals surface area contributed by atoms with Gasteiger partial charge in [-0.15, -0.1) is 0 Å². The number of rotatable bonds is 3.